The Morgan fingerprint density at radius 2 is 2.14 bits per heavy atom. The Labute approximate surface area is 132 Å². The van der Waals surface area contributed by atoms with E-state index >= 15 is 0 Å². The molecule has 22 heavy (non-hydrogen) atoms. The summed E-state index contributed by atoms with van der Waals surface area (Å²) >= 11 is 0. The van der Waals surface area contributed by atoms with E-state index in [0.29, 0.717) is 6.54 Å². The molecule has 0 bridgehead atoms. The Hall–Kier alpha value is -2.41. The highest BCUT2D eigenvalue weighted by molar-refractivity contribution is 5.86. The van der Waals surface area contributed by atoms with Crippen molar-refractivity contribution in [2.75, 3.05) is 19.6 Å². The fraction of sp³-hybridized carbons (Fsp3) is 0.389. The molecule has 0 saturated carbocycles. The van der Waals surface area contributed by atoms with Crippen LogP contribution in [0.5, 0.6) is 0 Å². The summed E-state index contributed by atoms with van der Waals surface area (Å²) in [5, 5.41) is 7.59. The molecular formula is C18H24N4. The molecule has 1 heterocycles. The molecule has 0 atom stereocenters. The zero-order valence-corrected chi connectivity index (χ0v) is 13.4. The first-order valence-corrected chi connectivity index (χ1v) is 7.83. The van der Waals surface area contributed by atoms with Gasteiger partial charge in [0, 0.05) is 30.2 Å². The zero-order valence-electron chi connectivity index (χ0n) is 13.4. The first-order valence-electron chi connectivity index (χ1n) is 7.83. The van der Waals surface area contributed by atoms with E-state index in [-0.39, 0.29) is 0 Å². The van der Waals surface area contributed by atoms with E-state index < -0.39 is 0 Å². The Balaban J connectivity index is 2.06. The monoisotopic (exact) mass is 296 g/mol. The van der Waals surface area contributed by atoms with Gasteiger partial charge in [-0.25, -0.2) is 0 Å². The van der Waals surface area contributed by atoms with Gasteiger partial charge in [0.05, 0.1) is 6.54 Å². The van der Waals surface area contributed by atoms with Gasteiger partial charge in [-0.3, -0.25) is 4.99 Å². The smallest absolute Gasteiger partial charge is 0.192 e. The van der Waals surface area contributed by atoms with E-state index in [1.807, 2.05) is 6.92 Å². The van der Waals surface area contributed by atoms with E-state index in [1.54, 1.807) is 0 Å². The van der Waals surface area contributed by atoms with Crippen molar-refractivity contribution in [1.82, 2.24) is 15.6 Å². The highest BCUT2D eigenvalue weighted by Crippen LogP contribution is 2.22. The molecule has 0 spiro atoms. The molecule has 0 radical (unpaired) electrons. The van der Waals surface area contributed by atoms with Crippen LogP contribution in [0, 0.1) is 12.3 Å². The number of benzene rings is 1. The van der Waals surface area contributed by atoms with Crippen molar-refractivity contribution in [1.29, 1.82) is 0 Å². The van der Waals surface area contributed by atoms with Crippen LogP contribution in [0.2, 0.25) is 0 Å². The maximum Gasteiger partial charge on any atom is 0.192 e. The summed E-state index contributed by atoms with van der Waals surface area (Å²) in [4.78, 5) is 7.96. The van der Waals surface area contributed by atoms with Gasteiger partial charge in [-0.05, 0) is 30.9 Å². The minimum absolute atomic E-state index is 0.485. The largest absolute Gasteiger partial charge is 0.361 e. The van der Waals surface area contributed by atoms with Crippen molar-refractivity contribution in [3.05, 3.63) is 35.5 Å². The van der Waals surface area contributed by atoms with Crippen LogP contribution in [0.3, 0.4) is 0 Å². The summed E-state index contributed by atoms with van der Waals surface area (Å²) in [7, 11) is 0. The number of nitrogens with one attached hydrogen (secondary N) is 3. The topological polar surface area (TPSA) is 52.2 Å². The van der Waals surface area contributed by atoms with Crippen LogP contribution in [0.1, 0.15) is 25.0 Å². The molecule has 116 valence electrons. The molecule has 0 amide bonds. The summed E-state index contributed by atoms with van der Waals surface area (Å²) in [5.74, 6) is 3.33. The molecule has 0 fully saturated rings. The lowest BCUT2D eigenvalue weighted by molar-refractivity contribution is 0.857. The predicted octanol–water partition coefficient (Wildman–Crippen LogP) is 2.46. The van der Waals surface area contributed by atoms with E-state index in [0.717, 1.165) is 31.9 Å². The van der Waals surface area contributed by atoms with Gasteiger partial charge in [0.15, 0.2) is 5.96 Å². The average molecular weight is 296 g/mol. The maximum absolute atomic E-state index is 5.27. The van der Waals surface area contributed by atoms with Crippen molar-refractivity contribution in [3.63, 3.8) is 0 Å². The lowest BCUT2D eigenvalue weighted by Gasteiger charge is -2.08. The molecule has 4 nitrogen and oxygen atoms in total. The van der Waals surface area contributed by atoms with Gasteiger partial charge in [-0.15, -0.1) is 6.42 Å². The third-order valence-electron chi connectivity index (χ3n) is 3.62. The van der Waals surface area contributed by atoms with Crippen molar-refractivity contribution in [2.45, 2.75) is 26.7 Å². The Morgan fingerprint density at radius 3 is 2.86 bits per heavy atom. The van der Waals surface area contributed by atoms with E-state index in [2.05, 4.69) is 57.9 Å². The van der Waals surface area contributed by atoms with Crippen molar-refractivity contribution < 1.29 is 0 Å². The minimum Gasteiger partial charge on any atom is -0.361 e. The Kier molecular flexibility index (Phi) is 5.91. The molecule has 1 aromatic carbocycles. The summed E-state index contributed by atoms with van der Waals surface area (Å²) in [6, 6.07) is 6.47. The highest BCUT2D eigenvalue weighted by Gasteiger charge is 2.06. The SMILES string of the molecule is C#CCNC(=NCCc1c[nH]c2c(CC)cccc12)NCC. The average Bonchev–Trinajstić information content (AvgIpc) is 2.96. The molecule has 0 aliphatic rings. The van der Waals surface area contributed by atoms with Crippen LogP contribution < -0.4 is 10.6 Å². The third kappa shape index (κ3) is 3.82. The Bertz CT molecular complexity index is 676. The number of rotatable bonds is 6. The number of aliphatic imine (C=N–C) groups is 1. The number of para-hydroxylation sites is 1. The number of fused-ring (bicyclic) bond motifs is 1. The Morgan fingerprint density at radius 1 is 1.27 bits per heavy atom. The fourth-order valence-electron chi connectivity index (χ4n) is 2.54. The number of guanidine groups is 1. The van der Waals surface area contributed by atoms with Gasteiger partial charge >= 0.3 is 0 Å². The van der Waals surface area contributed by atoms with Crippen LogP contribution in [0.15, 0.2) is 29.4 Å². The van der Waals surface area contributed by atoms with Gasteiger partial charge in [0.2, 0.25) is 0 Å². The summed E-state index contributed by atoms with van der Waals surface area (Å²) in [6.45, 7) is 6.25. The minimum atomic E-state index is 0.485. The number of aromatic nitrogens is 1. The standard InChI is InChI=1S/C18H24N4/c1-4-11-20-18(19-6-3)21-12-10-15-13-22-17-14(5-2)8-7-9-16(15)17/h1,7-9,13,22H,5-6,10-12H2,2-3H3,(H2,19,20,21). The molecule has 2 aromatic rings. The zero-order chi connectivity index (χ0) is 15.8. The van der Waals surface area contributed by atoms with Crippen molar-refractivity contribution >= 4 is 16.9 Å². The molecule has 0 aliphatic heterocycles. The van der Waals surface area contributed by atoms with Crippen LogP contribution in [0.4, 0.5) is 0 Å². The van der Waals surface area contributed by atoms with Crippen molar-refractivity contribution in [3.8, 4) is 12.3 Å². The molecule has 2 rings (SSSR count). The summed E-state index contributed by atoms with van der Waals surface area (Å²) in [5.41, 5.74) is 3.92. The second-order valence-electron chi connectivity index (χ2n) is 5.08. The van der Waals surface area contributed by atoms with Gasteiger partial charge < -0.3 is 15.6 Å². The summed E-state index contributed by atoms with van der Waals surface area (Å²) < 4.78 is 0. The molecule has 3 N–H and O–H groups in total. The van der Waals surface area contributed by atoms with Gasteiger partial charge in [-0.2, -0.15) is 0 Å². The van der Waals surface area contributed by atoms with E-state index in [9.17, 15) is 0 Å². The molecule has 4 heteroatoms. The van der Waals surface area contributed by atoms with Crippen LogP contribution >= 0.6 is 0 Å². The number of aryl methyl sites for hydroxylation is 1. The quantitative estimate of drug-likeness (QED) is 0.436. The first kappa shape index (κ1) is 16.0. The molecular weight excluding hydrogens is 272 g/mol. The van der Waals surface area contributed by atoms with Gasteiger partial charge in [-0.1, -0.05) is 31.0 Å². The molecule has 0 saturated heterocycles. The number of H-pyrrole nitrogens is 1. The number of hydrogen-bond acceptors (Lipinski definition) is 1. The third-order valence-corrected chi connectivity index (χ3v) is 3.62. The molecule has 0 unspecified atom stereocenters. The molecule has 1 aromatic heterocycles. The van der Waals surface area contributed by atoms with Gasteiger partial charge in [0.25, 0.3) is 0 Å². The number of hydrogen-bond donors (Lipinski definition) is 3. The van der Waals surface area contributed by atoms with Crippen LogP contribution in [0.25, 0.3) is 10.9 Å². The normalized spacial score (nSPS) is 11.4. The van der Waals surface area contributed by atoms with Gasteiger partial charge in [0.1, 0.15) is 0 Å². The second kappa shape index (κ2) is 8.14. The number of terminal acetylenes is 1. The first-order chi connectivity index (χ1) is 10.8. The highest BCUT2D eigenvalue weighted by atomic mass is 15.2. The fourth-order valence-corrected chi connectivity index (χ4v) is 2.54. The van der Waals surface area contributed by atoms with E-state index in [1.165, 1.54) is 22.0 Å². The lowest BCUT2D eigenvalue weighted by atomic mass is 10.1. The molecule has 0 aliphatic carbocycles. The maximum atomic E-state index is 5.27. The second-order valence-corrected chi connectivity index (χ2v) is 5.08. The van der Waals surface area contributed by atoms with Crippen molar-refractivity contribution in [2.24, 2.45) is 4.99 Å². The number of nitrogens with zero attached hydrogens (tertiary/aromatic N) is 1. The van der Waals surface area contributed by atoms with Crippen LogP contribution in [-0.4, -0.2) is 30.6 Å². The lowest BCUT2D eigenvalue weighted by Crippen LogP contribution is -2.37. The number of aromatic amines is 1. The summed E-state index contributed by atoms with van der Waals surface area (Å²) in [6.07, 6.45) is 9.31. The predicted molar refractivity (Wildman–Crippen MR) is 94.2 cm³/mol. The van der Waals surface area contributed by atoms with E-state index in [4.69, 9.17) is 6.42 Å². The van der Waals surface area contributed by atoms with Crippen LogP contribution in [-0.2, 0) is 12.8 Å².